The summed E-state index contributed by atoms with van der Waals surface area (Å²) in [6, 6.07) is 12.1. The Morgan fingerprint density at radius 2 is 2.00 bits per heavy atom. The summed E-state index contributed by atoms with van der Waals surface area (Å²) in [4.78, 5) is 11.1. The van der Waals surface area contributed by atoms with Gasteiger partial charge >= 0.3 is 0 Å². The van der Waals surface area contributed by atoms with Crippen molar-refractivity contribution in [3.8, 4) is 16.2 Å². The monoisotopic (exact) mass is 380 g/mol. The van der Waals surface area contributed by atoms with Crippen molar-refractivity contribution in [1.82, 2.24) is 9.97 Å². The number of ether oxygens (including phenoxy) is 1. The van der Waals surface area contributed by atoms with E-state index < -0.39 is 0 Å². The highest BCUT2D eigenvalue weighted by Crippen LogP contribution is 2.40. The summed E-state index contributed by atoms with van der Waals surface area (Å²) in [6.07, 6.45) is 3.37. The quantitative estimate of drug-likeness (QED) is 0.383. The van der Waals surface area contributed by atoms with Gasteiger partial charge in [0, 0.05) is 9.75 Å². The van der Waals surface area contributed by atoms with Crippen LogP contribution in [0.1, 0.15) is 10.4 Å². The number of hydrogen-bond donors (Lipinski definition) is 1. The van der Waals surface area contributed by atoms with Crippen LogP contribution in [0.25, 0.3) is 20.7 Å². The first kappa shape index (κ1) is 16.7. The van der Waals surface area contributed by atoms with E-state index in [1.54, 1.807) is 42.3 Å². The number of hydrogen-bond acceptors (Lipinski definition) is 7. The summed E-state index contributed by atoms with van der Waals surface area (Å²) < 4.78 is 6.24. The molecule has 26 heavy (non-hydrogen) atoms. The predicted molar refractivity (Wildman–Crippen MR) is 110 cm³/mol. The van der Waals surface area contributed by atoms with Crippen molar-refractivity contribution in [2.24, 2.45) is 5.10 Å². The van der Waals surface area contributed by atoms with Gasteiger partial charge < -0.3 is 4.74 Å². The number of methoxy groups -OCH3 is 1. The van der Waals surface area contributed by atoms with Crippen LogP contribution in [-0.4, -0.2) is 23.3 Å². The van der Waals surface area contributed by atoms with Gasteiger partial charge in [0.15, 0.2) is 5.82 Å². The van der Waals surface area contributed by atoms with Crippen LogP contribution in [-0.2, 0) is 0 Å². The molecule has 0 atom stereocenters. The molecule has 0 saturated carbocycles. The fourth-order valence-corrected chi connectivity index (χ4v) is 4.43. The molecule has 4 aromatic rings. The highest BCUT2D eigenvalue weighted by atomic mass is 32.1. The van der Waals surface area contributed by atoms with Crippen LogP contribution in [0.5, 0.6) is 5.75 Å². The Morgan fingerprint density at radius 3 is 2.73 bits per heavy atom. The fourth-order valence-electron chi connectivity index (χ4n) is 2.64. The maximum atomic E-state index is 5.24. The maximum Gasteiger partial charge on any atom is 0.167 e. The number of thiophene rings is 2. The zero-order valence-electron chi connectivity index (χ0n) is 14.3. The SMILES string of the molecule is COc1ccc(-c2sc3c(N/N=C/c4cccs4)ncnc3c2C)cc1. The lowest BCUT2D eigenvalue weighted by atomic mass is 10.1. The molecule has 3 aromatic heterocycles. The first-order valence-corrected chi connectivity index (χ1v) is 9.67. The van der Waals surface area contributed by atoms with Gasteiger partial charge in [0.1, 0.15) is 12.1 Å². The van der Waals surface area contributed by atoms with Crippen molar-refractivity contribution < 1.29 is 4.74 Å². The molecule has 1 aromatic carbocycles. The van der Waals surface area contributed by atoms with Crippen LogP contribution < -0.4 is 10.2 Å². The van der Waals surface area contributed by atoms with Crippen molar-refractivity contribution >= 4 is 44.9 Å². The summed E-state index contributed by atoms with van der Waals surface area (Å²) in [6.45, 7) is 2.09. The Bertz CT molecular complexity index is 1050. The lowest BCUT2D eigenvalue weighted by Gasteiger charge is -2.02. The Kier molecular flexibility index (Phi) is 4.64. The second-order valence-electron chi connectivity index (χ2n) is 5.57. The maximum absolute atomic E-state index is 5.24. The van der Waals surface area contributed by atoms with Gasteiger partial charge in [-0.25, -0.2) is 9.97 Å². The van der Waals surface area contributed by atoms with Crippen molar-refractivity contribution in [2.45, 2.75) is 6.92 Å². The highest BCUT2D eigenvalue weighted by molar-refractivity contribution is 7.23. The second kappa shape index (κ2) is 7.23. The molecule has 0 radical (unpaired) electrons. The van der Waals surface area contributed by atoms with E-state index in [1.165, 1.54) is 4.88 Å². The molecule has 0 aliphatic carbocycles. The lowest BCUT2D eigenvalue weighted by molar-refractivity contribution is 0.415. The molecule has 0 aliphatic heterocycles. The lowest BCUT2D eigenvalue weighted by Crippen LogP contribution is -1.93. The number of nitrogens with one attached hydrogen (secondary N) is 1. The van der Waals surface area contributed by atoms with Crippen LogP contribution in [0, 0.1) is 6.92 Å². The molecular formula is C19H16N4OS2. The van der Waals surface area contributed by atoms with E-state index in [1.807, 2.05) is 29.6 Å². The second-order valence-corrected chi connectivity index (χ2v) is 7.57. The number of nitrogens with zero attached hydrogens (tertiary/aromatic N) is 3. The number of aryl methyl sites for hydroxylation is 1. The molecule has 0 unspecified atom stereocenters. The number of benzene rings is 1. The minimum Gasteiger partial charge on any atom is -0.497 e. The molecule has 0 amide bonds. The van der Waals surface area contributed by atoms with Gasteiger partial charge in [-0.1, -0.05) is 6.07 Å². The van der Waals surface area contributed by atoms with Crippen LogP contribution in [0.15, 0.2) is 53.2 Å². The van der Waals surface area contributed by atoms with Crippen molar-refractivity contribution in [1.29, 1.82) is 0 Å². The molecule has 130 valence electrons. The molecule has 3 heterocycles. The smallest absolute Gasteiger partial charge is 0.167 e. The number of fused-ring (bicyclic) bond motifs is 1. The summed E-state index contributed by atoms with van der Waals surface area (Å²) in [5, 5.41) is 6.33. The third kappa shape index (κ3) is 3.18. The topological polar surface area (TPSA) is 59.4 Å². The van der Waals surface area contributed by atoms with E-state index in [2.05, 4.69) is 39.6 Å². The number of anilines is 1. The fraction of sp³-hybridized carbons (Fsp3) is 0.105. The highest BCUT2D eigenvalue weighted by Gasteiger charge is 2.15. The van der Waals surface area contributed by atoms with E-state index in [4.69, 9.17) is 4.74 Å². The molecule has 0 spiro atoms. The zero-order chi connectivity index (χ0) is 17.9. The Morgan fingerprint density at radius 1 is 1.15 bits per heavy atom. The number of rotatable bonds is 5. The third-order valence-corrected chi connectivity index (χ3v) is 6.11. The van der Waals surface area contributed by atoms with Crippen LogP contribution in [0.2, 0.25) is 0 Å². The molecule has 7 heteroatoms. The first-order chi connectivity index (χ1) is 12.8. The van der Waals surface area contributed by atoms with Crippen LogP contribution in [0.3, 0.4) is 0 Å². The summed E-state index contributed by atoms with van der Waals surface area (Å²) in [5.74, 6) is 1.56. The van der Waals surface area contributed by atoms with Crippen molar-refractivity contribution in [2.75, 3.05) is 12.5 Å². The first-order valence-electron chi connectivity index (χ1n) is 7.97. The summed E-state index contributed by atoms with van der Waals surface area (Å²) >= 11 is 3.30. The van der Waals surface area contributed by atoms with Gasteiger partial charge in [0.05, 0.1) is 23.5 Å². The number of aromatic nitrogens is 2. The van der Waals surface area contributed by atoms with Crippen molar-refractivity contribution in [3.05, 3.63) is 58.5 Å². The van der Waals surface area contributed by atoms with E-state index in [9.17, 15) is 0 Å². The van der Waals surface area contributed by atoms with Gasteiger partial charge in [0.2, 0.25) is 0 Å². The molecule has 0 bridgehead atoms. The largest absolute Gasteiger partial charge is 0.497 e. The van der Waals surface area contributed by atoms with E-state index in [0.717, 1.165) is 37.8 Å². The van der Waals surface area contributed by atoms with Gasteiger partial charge in [-0.2, -0.15) is 5.10 Å². The Balaban J connectivity index is 1.69. The minimum absolute atomic E-state index is 0.718. The predicted octanol–water partition coefficient (Wildman–Crippen LogP) is 5.18. The normalized spacial score (nSPS) is 11.3. The van der Waals surface area contributed by atoms with Gasteiger partial charge in [-0.05, 0) is 53.8 Å². The van der Waals surface area contributed by atoms with Crippen LogP contribution in [0.4, 0.5) is 5.82 Å². The van der Waals surface area contributed by atoms with Gasteiger partial charge in [0.25, 0.3) is 0 Å². The average molecular weight is 380 g/mol. The van der Waals surface area contributed by atoms with Crippen molar-refractivity contribution in [3.63, 3.8) is 0 Å². The summed E-state index contributed by atoms with van der Waals surface area (Å²) in [7, 11) is 1.67. The average Bonchev–Trinajstić information content (AvgIpc) is 3.31. The molecule has 4 rings (SSSR count). The van der Waals surface area contributed by atoms with Gasteiger partial charge in [-0.3, -0.25) is 5.43 Å². The minimum atomic E-state index is 0.718. The zero-order valence-corrected chi connectivity index (χ0v) is 15.9. The van der Waals surface area contributed by atoms with E-state index in [-0.39, 0.29) is 0 Å². The third-order valence-electron chi connectivity index (χ3n) is 3.96. The molecular weight excluding hydrogens is 364 g/mol. The Labute approximate surface area is 159 Å². The molecule has 0 aliphatic rings. The van der Waals surface area contributed by atoms with Crippen LogP contribution >= 0.6 is 22.7 Å². The van der Waals surface area contributed by atoms with E-state index in [0.29, 0.717) is 0 Å². The number of hydrazone groups is 1. The van der Waals surface area contributed by atoms with Gasteiger partial charge in [-0.15, -0.1) is 22.7 Å². The molecule has 0 saturated heterocycles. The molecule has 1 N–H and O–H groups in total. The molecule has 5 nitrogen and oxygen atoms in total. The standard InChI is InChI=1S/C19H16N4OS2/c1-12-16-18(26-17(12)13-5-7-14(24-2)8-6-13)19(21-11-20-16)23-22-10-15-4-3-9-25-15/h3-11H,1-2H3,(H,20,21,23)/b22-10+. The molecule has 0 fully saturated rings. The van der Waals surface area contributed by atoms with E-state index >= 15 is 0 Å². The Hall–Kier alpha value is -2.77. The summed E-state index contributed by atoms with van der Waals surface area (Å²) in [5.41, 5.74) is 6.28.